The van der Waals surface area contributed by atoms with Crippen molar-refractivity contribution >= 4 is 33.5 Å². The molecule has 0 saturated carbocycles. The highest BCUT2D eigenvalue weighted by molar-refractivity contribution is 9.10. The van der Waals surface area contributed by atoms with E-state index < -0.39 is 5.97 Å². The van der Waals surface area contributed by atoms with E-state index in [0.717, 1.165) is 11.4 Å². The van der Waals surface area contributed by atoms with E-state index in [1.54, 1.807) is 12.1 Å². The number of carboxylic acids is 1. The molecule has 2 rings (SSSR count). The van der Waals surface area contributed by atoms with Crippen LogP contribution in [0.15, 0.2) is 22.7 Å². The third kappa shape index (κ3) is 3.05. The van der Waals surface area contributed by atoms with Gasteiger partial charge in [0.1, 0.15) is 0 Å². The minimum Gasteiger partial charge on any atom is -0.478 e. The number of nitrogens with zero attached hydrogens (tertiary/aromatic N) is 3. The molecule has 0 atom stereocenters. The third-order valence-corrected chi connectivity index (χ3v) is 3.24. The molecule has 0 unspecified atom stereocenters. The first kappa shape index (κ1) is 13.4. The molecule has 7 heteroatoms. The largest absolute Gasteiger partial charge is 0.478 e. The van der Waals surface area contributed by atoms with E-state index in [9.17, 15) is 4.79 Å². The van der Waals surface area contributed by atoms with Gasteiger partial charge in [-0.3, -0.25) is 0 Å². The van der Waals surface area contributed by atoms with Gasteiger partial charge in [-0.1, -0.05) is 0 Å². The zero-order valence-corrected chi connectivity index (χ0v) is 11.9. The lowest BCUT2D eigenvalue weighted by Gasteiger charge is -2.07. The fraction of sp³-hybridized carbons (Fsp3) is 0.167. The second kappa shape index (κ2) is 5.31. The zero-order chi connectivity index (χ0) is 14.0. The van der Waals surface area contributed by atoms with E-state index in [1.165, 1.54) is 6.07 Å². The maximum absolute atomic E-state index is 11.0. The van der Waals surface area contributed by atoms with Gasteiger partial charge in [0, 0.05) is 10.2 Å². The number of carboxylic acid groups (broad SMARTS) is 1. The number of anilines is 2. The van der Waals surface area contributed by atoms with Crippen LogP contribution in [0.2, 0.25) is 0 Å². The summed E-state index contributed by atoms with van der Waals surface area (Å²) in [6.07, 6.45) is 0. The summed E-state index contributed by atoms with van der Waals surface area (Å²) in [4.78, 5) is 15.2. The van der Waals surface area contributed by atoms with Gasteiger partial charge in [-0.15, -0.1) is 5.10 Å². The number of benzene rings is 1. The van der Waals surface area contributed by atoms with Crippen LogP contribution in [-0.4, -0.2) is 26.3 Å². The van der Waals surface area contributed by atoms with Crippen molar-refractivity contribution in [2.24, 2.45) is 0 Å². The number of halogens is 1. The maximum atomic E-state index is 11.0. The third-order valence-electron chi connectivity index (χ3n) is 2.54. The molecule has 0 aliphatic rings. The second-order valence-electron chi connectivity index (χ2n) is 3.93. The van der Waals surface area contributed by atoms with E-state index in [-0.39, 0.29) is 5.56 Å². The van der Waals surface area contributed by atoms with Crippen molar-refractivity contribution in [3.63, 3.8) is 0 Å². The molecule has 2 N–H and O–H groups in total. The van der Waals surface area contributed by atoms with Crippen LogP contribution in [0, 0.1) is 13.8 Å². The maximum Gasteiger partial charge on any atom is 0.336 e. The summed E-state index contributed by atoms with van der Waals surface area (Å²) < 4.78 is 0.518. The standard InChI is InChI=1S/C12H11BrN4O2/c1-6-7(2)16-17-12(14-6)15-8-3-4-10(13)9(5-8)11(18)19/h3-5H,1-2H3,(H,18,19)(H,14,15,17). The lowest BCUT2D eigenvalue weighted by atomic mass is 10.2. The van der Waals surface area contributed by atoms with Crippen molar-refractivity contribution in [1.29, 1.82) is 0 Å². The van der Waals surface area contributed by atoms with Gasteiger partial charge in [0.05, 0.1) is 17.0 Å². The first-order valence-corrected chi connectivity index (χ1v) is 6.24. The van der Waals surface area contributed by atoms with E-state index in [1.807, 2.05) is 13.8 Å². The van der Waals surface area contributed by atoms with E-state index >= 15 is 0 Å². The van der Waals surface area contributed by atoms with Crippen LogP contribution in [0.1, 0.15) is 21.7 Å². The molecular weight excluding hydrogens is 312 g/mol. The molecule has 98 valence electrons. The Balaban J connectivity index is 2.30. The smallest absolute Gasteiger partial charge is 0.336 e. The lowest BCUT2D eigenvalue weighted by molar-refractivity contribution is 0.0696. The highest BCUT2D eigenvalue weighted by Crippen LogP contribution is 2.22. The van der Waals surface area contributed by atoms with Crippen LogP contribution in [-0.2, 0) is 0 Å². The number of aromatic carboxylic acids is 1. The first-order chi connectivity index (χ1) is 8.97. The van der Waals surface area contributed by atoms with Crippen molar-refractivity contribution in [3.8, 4) is 0 Å². The van der Waals surface area contributed by atoms with Gasteiger partial charge in [-0.05, 0) is 48.0 Å². The van der Waals surface area contributed by atoms with Crippen LogP contribution in [0.4, 0.5) is 11.6 Å². The zero-order valence-electron chi connectivity index (χ0n) is 10.3. The topological polar surface area (TPSA) is 88.0 Å². The number of nitrogens with one attached hydrogen (secondary N) is 1. The molecular formula is C12H11BrN4O2. The van der Waals surface area contributed by atoms with E-state index in [2.05, 4.69) is 36.4 Å². The Bertz CT molecular complexity index is 646. The van der Waals surface area contributed by atoms with Crippen LogP contribution in [0.25, 0.3) is 0 Å². The Morgan fingerprint density at radius 1 is 1.26 bits per heavy atom. The molecule has 0 saturated heterocycles. The van der Waals surface area contributed by atoms with Crippen LogP contribution < -0.4 is 5.32 Å². The van der Waals surface area contributed by atoms with Crippen molar-refractivity contribution in [2.45, 2.75) is 13.8 Å². The average Bonchev–Trinajstić information content (AvgIpc) is 2.36. The number of carbonyl (C=O) groups is 1. The van der Waals surface area contributed by atoms with Crippen LogP contribution in [0.3, 0.4) is 0 Å². The first-order valence-electron chi connectivity index (χ1n) is 5.45. The number of rotatable bonds is 3. The van der Waals surface area contributed by atoms with Crippen molar-refractivity contribution in [3.05, 3.63) is 39.6 Å². The van der Waals surface area contributed by atoms with Crippen molar-refractivity contribution in [1.82, 2.24) is 15.2 Å². The van der Waals surface area contributed by atoms with Gasteiger partial charge >= 0.3 is 5.97 Å². The minimum absolute atomic E-state index is 0.168. The predicted molar refractivity (Wildman–Crippen MR) is 73.7 cm³/mol. The van der Waals surface area contributed by atoms with E-state index in [4.69, 9.17) is 5.11 Å². The van der Waals surface area contributed by atoms with Crippen LogP contribution in [0.5, 0.6) is 0 Å². The molecule has 0 spiro atoms. The summed E-state index contributed by atoms with van der Waals surface area (Å²) in [6.45, 7) is 3.65. The number of hydrogen-bond acceptors (Lipinski definition) is 5. The summed E-state index contributed by atoms with van der Waals surface area (Å²) >= 11 is 3.19. The molecule has 1 aromatic heterocycles. The molecule has 1 heterocycles. The van der Waals surface area contributed by atoms with Gasteiger partial charge in [0.15, 0.2) is 0 Å². The van der Waals surface area contributed by atoms with Gasteiger partial charge in [0.25, 0.3) is 0 Å². The van der Waals surface area contributed by atoms with Crippen LogP contribution >= 0.6 is 15.9 Å². The van der Waals surface area contributed by atoms with Gasteiger partial charge in [-0.2, -0.15) is 5.10 Å². The molecule has 19 heavy (non-hydrogen) atoms. The monoisotopic (exact) mass is 322 g/mol. The van der Waals surface area contributed by atoms with Gasteiger partial charge in [0.2, 0.25) is 5.95 Å². The quantitative estimate of drug-likeness (QED) is 0.903. The molecule has 0 amide bonds. The molecule has 1 aromatic carbocycles. The fourth-order valence-electron chi connectivity index (χ4n) is 1.41. The summed E-state index contributed by atoms with van der Waals surface area (Å²) in [7, 11) is 0. The molecule has 0 radical (unpaired) electrons. The number of aromatic nitrogens is 3. The van der Waals surface area contributed by atoms with E-state index in [0.29, 0.717) is 16.1 Å². The SMILES string of the molecule is Cc1nnc(Nc2ccc(Br)c(C(=O)O)c2)nc1C. The molecule has 0 aliphatic heterocycles. The lowest BCUT2D eigenvalue weighted by Crippen LogP contribution is -2.04. The molecule has 0 bridgehead atoms. The Morgan fingerprint density at radius 2 is 2.00 bits per heavy atom. The van der Waals surface area contributed by atoms with Gasteiger partial charge < -0.3 is 10.4 Å². The Labute approximate surface area is 118 Å². The normalized spacial score (nSPS) is 10.3. The Kier molecular flexibility index (Phi) is 3.75. The summed E-state index contributed by atoms with van der Waals surface area (Å²) in [6, 6.07) is 4.89. The predicted octanol–water partition coefficient (Wildman–Crippen LogP) is 2.69. The number of hydrogen-bond donors (Lipinski definition) is 2. The number of aryl methyl sites for hydroxylation is 2. The Morgan fingerprint density at radius 3 is 2.63 bits per heavy atom. The highest BCUT2D eigenvalue weighted by Gasteiger charge is 2.10. The highest BCUT2D eigenvalue weighted by atomic mass is 79.9. The van der Waals surface area contributed by atoms with Crippen molar-refractivity contribution in [2.75, 3.05) is 5.32 Å². The molecule has 2 aromatic rings. The summed E-state index contributed by atoms with van der Waals surface area (Å²) in [5, 5.41) is 19.8. The minimum atomic E-state index is -1.00. The second-order valence-corrected chi connectivity index (χ2v) is 4.79. The molecule has 6 nitrogen and oxygen atoms in total. The fourth-order valence-corrected chi connectivity index (χ4v) is 1.82. The molecule has 0 aliphatic carbocycles. The summed E-state index contributed by atoms with van der Waals surface area (Å²) in [5.74, 6) is -0.670. The Hall–Kier alpha value is -2.02. The molecule has 0 fully saturated rings. The summed E-state index contributed by atoms with van der Waals surface area (Å²) in [5.41, 5.74) is 2.29. The van der Waals surface area contributed by atoms with Gasteiger partial charge in [-0.25, -0.2) is 9.78 Å². The van der Waals surface area contributed by atoms with Crippen molar-refractivity contribution < 1.29 is 9.90 Å². The average molecular weight is 323 g/mol.